The van der Waals surface area contributed by atoms with E-state index >= 15 is 0 Å². The number of hydrogen-bond acceptors (Lipinski definition) is 5. The van der Waals surface area contributed by atoms with Crippen molar-refractivity contribution in [1.82, 2.24) is 4.98 Å². The van der Waals surface area contributed by atoms with Gasteiger partial charge < -0.3 is 5.11 Å². The van der Waals surface area contributed by atoms with E-state index in [1.807, 2.05) is 57.8 Å². The minimum Gasteiger partial charge on any atom is -0.492 e. The molecule has 0 amide bonds. The molecule has 132 valence electrons. The molecule has 1 aromatic carbocycles. The van der Waals surface area contributed by atoms with Crippen molar-refractivity contribution in [3.8, 4) is 16.3 Å². The Labute approximate surface area is 168 Å². The fraction of sp³-hybridized carbons (Fsp3) is 0. The van der Waals surface area contributed by atoms with Gasteiger partial charge in [-0.2, -0.15) is 0 Å². The molecule has 0 saturated heterocycles. The van der Waals surface area contributed by atoms with Crippen molar-refractivity contribution in [2.75, 3.05) is 0 Å². The van der Waals surface area contributed by atoms with Gasteiger partial charge in [0.05, 0.1) is 9.80 Å². The maximum absolute atomic E-state index is 10.6. The van der Waals surface area contributed by atoms with Crippen LogP contribution in [0.25, 0.3) is 10.4 Å². The quantitative estimate of drug-likeness (QED) is 0.471. The Hall–Kier alpha value is -1.43. The van der Waals surface area contributed by atoms with Gasteiger partial charge in [-0.05, 0) is 75.5 Å². The van der Waals surface area contributed by atoms with Crippen LogP contribution < -0.4 is 0 Å². The number of thiazole rings is 1. The Balaban J connectivity index is 0.000000351. The number of benzene rings is 1. The van der Waals surface area contributed by atoms with E-state index in [2.05, 4.69) is 4.98 Å². The Morgan fingerprint density at radius 2 is 1.46 bits per heavy atom. The van der Waals surface area contributed by atoms with Crippen LogP contribution in [-0.4, -0.2) is 15.0 Å². The van der Waals surface area contributed by atoms with Crippen LogP contribution in [0.2, 0.25) is 0 Å². The molecule has 5 nitrogen and oxygen atoms in total. The van der Waals surface area contributed by atoms with Crippen molar-refractivity contribution in [3.05, 3.63) is 103 Å². The van der Waals surface area contributed by atoms with Crippen LogP contribution in [0.15, 0.2) is 24.3 Å². The van der Waals surface area contributed by atoms with Crippen LogP contribution in [0.5, 0.6) is 5.88 Å². The van der Waals surface area contributed by atoms with Gasteiger partial charge in [-0.1, -0.05) is 0 Å². The van der Waals surface area contributed by atoms with E-state index in [1.54, 1.807) is 12.1 Å². The number of nitro benzene ring substituents is 1. The maximum Gasteiger partial charge on any atom is 0.269 e. The average molecular weight is 406 g/mol. The molecule has 2 aliphatic rings. The van der Waals surface area contributed by atoms with E-state index in [0.29, 0.717) is 10.4 Å². The largest absolute Gasteiger partial charge is 0.492 e. The molecular weight excluding hydrogens is 392 g/mol. The van der Waals surface area contributed by atoms with Gasteiger partial charge in [0.2, 0.25) is 5.88 Å². The van der Waals surface area contributed by atoms with Crippen molar-refractivity contribution < 1.29 is 27.1 Å². The molecule has 0 atom stereocenters. The first-order chi connectivity index (χ1) is 12.1. The van der Waals surface area contributed by atoms with Crippen LogP contribution in [0.1, 0.15) is 5.01 Å². The molecule has 26 heavy (non-hydrogen) atoms. The predicted molar refractivity (Wildman–Crippen MR) is 96.9 cm³/mol. The van der Waals surface area contributed by atoms with Crippen molar-refractivity contribution in [1.29, 1.82) is 0 Å². The van der Waals surface area contributed by atoms with Gasteiger partial charge in [0.15, 0.2) is 0 Å². The van der Waals surface area contributed by atoms with Crippen molar-refractivity contribution >= 4 is 17.0 Å². The molecule has 2 fully saturated rings. The molecule has 0 spiro atoms. The van der Waals surface area contributed by atoms with E-state index < -0.39 is 4.92 Å². The van der Waals surface area contributed by atoms with E-state index in [1.165, 1.54) is 23.5 Å². The first-order valence-electron chi connectivity index (χ1n) is 7.48. The summed E-state index contributed by atoms with van der Waals surface area (Å²) in [5, 5.41) is 21.3. The normalized spacial score (nSPS) is 16.6. The van der Waals surface area contributed by atoms with Gasteiger partial charge in [-0.25, -0.2) is 4.98 Å². The molecule has 0 unspecified atom stereocenters. The number of aromatic nitrogens is 1. The molecule has 4 rings (SSSR count). The van der Waals surface area contributed by atoms with Crippen LogP contribution in [0.3, 0.4) is 0 Å². The third-order valence-corrected chi connectivity index (χ3v) is 4.56. The summed E-state index contributed by atoms with van der Waals surface area (Å²) in [6, 6.07) is 6.05. The maximum atomic E-state index is 10.6. The average Bonchev–Trinajstić information content (AvgIpc) is 3.38. The van der Waals surface area contributed by atoms with Gasteiger partial charge in [-0.3, -0.25) is 10.1 Å². The molecule has 1 heterocycles. The van der Waals surface area contributed by atoms with Gasteiger partial charge in [0, 0.05) is 35.1 Å². The molecular formula is C19H14FeN2O3S. The van der Waals surface area contributed by atoms with Crippen molar-refractivity contribution in [2.45, 2.75) is 0 Å². The van der Waals surface area contributed by atoms with E-state index in [0.717, 1.165) is 10.9 Å². The number of non-ortho nitro benzene ring substituents is 1. The smallest absolute Gasteiger partial charge is 0.269 e. The first kappa shape index (κ1) is 20.9. The Bertz CT molecular complexity index is 700. The SMILES string of the molecule is O=[N+]([O-])c1ccc(-c2sc([C]3[CH][CH][CH][CH]3)nc2O)cc1.[CH]1[CH][CH][CH][CH]1.[Fe]. The third-order valence-electron chi connectivity index (χ3n) is 3.41. The summed E-state index contributed by atoms with van der Waals surface area (Å²) < 4.78 is 0. The summed E-state index contributed by atoms with van der Waals surface area (Å²) >= 11 is 1.35. The molecule has 2 aromatic rings. The summed E-state index contributed by atoms with van der Waals surface area (Å²) in [6.07, 6.45) is 17.6. The zero-order valence-corrected chi connectivity index (χ0v) is 15.3. The summed E-state index contributed by atoms with van der Waals surface area (Å²) in [6.45, 7) is 0. The number of rotatable bonds is 3. The Kier molecular flexibility index (Phi) is 8.07. The zero-order valence-electron chi connectivity index (χ0n) is 13.4. The fourth-order valence-electron chi connectivity index (χ4n) is 2.20. The minimum absolute atomic E-state index is 0. The van der Waals surface area contributed by atoms with E-state index in [9.17, 15) is 15.2 Å². The zero-order chi connectivity index (χ0) is 17.6. The molecule has 10 radical (unpaired) electrons. The summed E-state index contributed by atoms with van der Waals surface area (Å²) in [5.74, 6) is 0.888. The van der Waals surface area contributed by atoms with Gasteiger partial charge in [0.1, 0.15) is 5.01 Å². The van der Waals surface area contributed by atoms with Gasteiger partial charge >= 0.3 is 0 Å². The minimum atomic E-state index is -0.453. The Morgan fingerprint density at radius 1 is 0.923 bits per heavy atom. The molecule has 1 aromatic heterocycles. The molecule has 2 saturated carbocycles. The monoisotopic (exact) mass is 406 g/mol. The second-order valence-electron chi connectivity index (χ2n) is 5.11. The van der Waals surface area contributed by atoms with Crippen LogP contribution in [-0.2, 0) is 17.1 Å². The third kappa shape index (κ3) is 5.29. The number of aromatic hydroxyl groups is 1. The summed E-state index contributed by atoms with van der Waals surface area (Å²) in [5.41, 5.74) is 0.734. The molecule has 7 heteroatoms. The standard InChI is InChI=1S/C14H9N2O3S.C5H5.Fe/c17-13-12(9-5-7-11(8-6-9)16(18)19)20-14(15-13)10-3-1-2-4-10;1-2-4-5-3-1;/h1-8,17H;1-5H;. The summed E-state index contributed by atoms with van der Waals surface area (Å²) in [4.78, 5) is 14.9. The number of nitrogens with zero attached hydrogens (tertiary/aromatic N) is 2. The fourth-order valence-corrected chi connectivity index (χ4v) is 3.17. The van der Waals surface area contributed by atoms with Gasteiger partial charge in [-0.15, -0.1) is 11.3 Å². The van der Waals surface area contributed by atoms with Crippen molar-refractivity contribution in [2.24, 2.45) is 0 Å². The summed E-state index contributed by atoms with van der Waals surface area (Å²) in [7, 11) is 0. The topological polar surface area (TPSA) is 76.3 Å². The van der Waals surface area contributed by atoms with E-state index in [4.69, 9.17) is 0 Å². The van der Waals surface area contributed by atoms with E-state index in [-0.39, 0.29) is 28.6 Å². The van der Waals surface area contributed by atoms with Crippen LogP contribution in [0.4, 0.5) is 5.69 Å². The molecule has 0 aliphatic heterocycles. The molecule has 0 bridgehead atoms. The molecule has 2 aliphatic carbocycles. The van der Waals surface area contributed by atoms with Crippen LogP contribution in [0, 0.1) is 73.8 Å². The van der Waals surface area contributed by atoms with Crippen molar-refractivity contribution in [3.63, 3.8) is 0 Å². The Morgan fingerprint density at radius 3 is 1.96 bits per heavy atom. The number of hydrogen-bond donors (Lipinski definition) is 1. The van der Waals surface area contributed by atoms with Gasteiger partial charge in [0.25, 0.3) is 5.69 Å². The number of nitro groups is 1. The predicted octanol–water partition coefficient (Wildman–Crippen LogP) is 4.20. The first-order valence-corrected chi connectivity index (χ1v) is 8.30. The van der Waals surface area contributed by atoms with Crippen LogP contribution >= 0.6 is 11.3 Å². The molecule has 1 N–H and O–H groups in total. The second kappa shape index (κ2) is 10.0. The second-order valence-corrected chi connectivity index (χ2v) is 6.11.